The van der Waals surface area contributed by atoms with Crippen LogP contribution in [0.1, 0.15) is 13.8 Å². The molecule has 0 saturated carbocycles. The smallest absolute Gasteiger partial charge is 0.461 e. The predicted octanol–water partition coefficient (Wildman–Crippen LogP) is 4.31. The first-order valence-electron chi connectivity index (χ1n) is 7.77. The lowest BCUT2D eigenvalue weighted by Crippen LogP contribution is -2.24. The molecule has 0 aliphatic carbocycles. The van der Waals surface area contributed by atoms with E-state index >= 15 is 0 Å². The van der Waals surface area contributed by atoms with Gasteiger partial charge in [0.2, 0.25) is 0 Å². The van der Waals surface area contributed by atoms with E-state index < -0.39 is 13.7 Å². The van der Waals surface area contributed by atoms with Gasteiger partial charge in [-0.15, -0.1) is 0 Å². The van der Waals surface area contributed by atoms with Crippen LogP contribution in [0.5, 0.6) is 11.5 Å². The molecule has 0 heterocycles. The third kappa shape index (κ3) is 5.69. The molecule has 0 spiro atoms. The Morgan fingerprint density at radius 3 is 1.88 bits per heavy atom. The molecule has 2 rings (SSSR count). The Labute approximate surface area is 147 Å². The maximum Gasteiger partial charge on any atom is 0.541 e. The fourth-order valence-corrected chi connectivity index (χ4v) is 3.33. The molecule has 0 atom stereocenters. The van der Waals surface area contributed by atoms with E-state index in [0.29, 0.717) is 11.5 Å². The van der Waals surface area contributed by atoms with Crippen LogP contribution in [0.4, 0.5) is 0 Å². The molecule has 0 radical (unpaired) electrons. The summed E-state index contributed by atoms with van der Waals surface area (Å²) in [5.41, 5.74) is -0.00274. The molecular formula is C18H20NO5P. The first kappa shape index (κ1) is 18.6. The van der Waals surface area contributed by atoms with E-state index in [0.717, 1.165) is 0 Å². The Morgan fingerprint density at radius 1 is 1.00 bits per heavy atom. The SMILES string of the molecule is CC=C(NP(=O)(Oc1ccccc1)Oc1ccccc1)C(=O)OCC. The standard InChI is InChI=1S/C18H20NO5P/c1-3-17(18(20)22-4-2)19-25(21,23-15-11-7-5-8-12-15)24-16-13-9-6-10-14-16/h3,5-14H,4H2,1-2H3,(H,19,21). The van der Waals surface area contributed by atoms with Crippen LogP contribution in [0.3, 0.4) is 0 Å². The van der Waals surface area contributed by atoms with E-state index in [1.165, 1.54) is 6.08 Å². The van der Waals surface area contributed by atoms with Crippen LogP contribution in [0.15, 0.2) is 72.4 Å². The van der Waals surface area contributed by atoms with Crippen LogP contribution in [0.25, 0.3) is 0 Å². The van der Waals surface area contributed by atoms with E-state index in [4.69, 9.17) is 13.8 Å². The van der Waals surface area contributed by atoms with Gasteiger partial charge in [-0.3, -0.25) is 5.09 Å². The van der Waals surface area contributed by atoms with E-state index in [1.54, 1.807) is 74.5 Å². The summed E-state index contributed by atoms with van der Waals surface area (Å²) in [6.07, 6.45) is 1.45. The van der Waals surface area contributed by atoms with Crippen molar-refractivity contribution in [3.8, 4) is 11.5 Å². The van der Waals surface area contributed by atoms with E-state index in [2.05, 4.69) is 5.09 Å². The predicted molar refractivity (Wildman–Crippen MR) is 95.3 cm³/mol. The Balaban J connectivity index is 2.27. The largest absolute Gasteiger partial charge is 0.541 e. The fraction of sp³-hybridized carbons (Fsp3) is 0.167. The van der Waals surface area contributed by atoms with Crippen molar-refractivity contribution in [2.75, 3.05) is 6.61 Å². The van der Waals surface area contributed by atoms with Gasteiger partial charge in [0.25, 0.3) is 0 Å². The van der Waals surface area contributed by atoms with Crippen molar-refractivity contribution in [3.05, 3.63) is 72.4 Å². The van der Waals surface area contributed by atoms with E-state index in [-0.39, 0.29) is 12.3 Å². The van der Waals surface area contributed by atoms with Crippen LogP contribution in [-0.2, 0) is 14.1 Å². The van der Waals surface area contributed by atoms with Crippen molar-refractivity contribution in [1.29, 1.82) is 0 Å². The lowest BCUT2D eigenvalue weighted by Gasteiger charge is -2.21. The summed E-state index contributed by atoms with van der Waals surface area (Å²) < 4.78 is 29.2. The zero-order chi connectivity index (χ0) is 18.1. The number of para-hydroxylation sites is 2. The maximum absolute atomic E-state index is 13.2. The van der Waals surface area contributed by atoms with Gasteiger partial charge in [0.05, 0.1) is 6.61 Å². The molecular weight excluding hydrogens is 341 g/mol. The minimum atomic E-state index is -3.93. The molecule has 0 aromatic heterocycles. The number of esters is 1. The number of hydrogen-bond donors (Lipinski definition) is 1. The molecule has 0 fully saturated rings. The van der Waals surface area contributed by atoms with Crippen molar-refractivity contribution in [2.45, 2.75) is 13.8 Å². The molecule has 0 aliphatic rings. The first-order valence-corrected chi connectivity index (χ1v) is 9.31. The second-order valence-corrected chi connectivity index (χ2v) is 6.42. The topological polar surface area (TPSA) is 73.9 Å². The van der Waals surface area contributed by atoms with Gasteiger partial charge >= 0.3 is 13.7 Å². The van der Waals surface area contributed by atoms with Crippen LogP contribution < -0.4 is 14.1 Å². The van der Waals surface area contributed by atoms with Crippen molar-refractivity contribution < 1.29 is 23.1 Å². The van der Waals surface area contributed by atoms with Crippen LogP contribution >= 0.6 is 7.75 Å². The minimum Gasteiger partial charge on any atom is -0.461 e. The number of benzene rings is 2. The quantitative estimate of drug-likeness (QED) is 0.429. The Bertz CT molecular complexity index is 716. The van der Waals surface area contributed by atoms with Gasteiger partial charge in [-0.2, -0.15) is 0 Å². The number of carbonyl (C=O) groups excluding carboxylic acids is 1. The highest BCUT2D eigenvalue weighted by Crippen LogP contribution is 2.45. The number of allylic oxidation sites excluding steroid dienone is 1. The Kier molecular flexibility index (Phi) is 6.66. The molecule has 132 valence electrons. The number of ether oxygens (including phenoxy) is 1. The van der Waals surface area contributed by atoms with Gasteiger partial charge in [-0.05, 0) is 38.1 Å². The van der Waals surface area contributed by atoms with Crippen LogP contribution in [-0.4, -0.2) is 12.6 Å². The zero-order valence-electron chi connectivity index (χ0n) is 14.0. The molecule has 2 aromatic carbocycles. The molecule has 7 heteroatoms. The summed E-state index contributed by atoms with van der Waals surface area (Å²) in [5.74, 6) is 0.0423. The van der Waals surface area contributed by atoms with Crippen molar-refractivity contribution in [2.24, 2.45) is 0 Å². The molecule has 1 N–H and O–H groups in total. The number of rotatable bonds is 8. The summed E-state index contributed by atoms with van der Waals surface area (Å²) in [4.78, 5) is 12.0. The molecule has 2 aromatic rings. The highest BCUT2D eigenvalue weighted by molar-refractivity contribution is 7.52. The summed E-state index contributed by atoms with van der Waals surface area (Å²) in [6, 6.07) is 17.1. The lowest BCUT2D eigenvalue weighted by molar-refractivity contribution is -0.138. The Hall–Kier alpha value is -2.72. The van der Waals surface area contributed by atoms with Crippen molar-refractivity contribution in [3.63, 3.8) is 0 Å². The fourth-order valence-electron chi connectivity index (χ4n) is 1.89. The molecule has 0 amide bonds. The molecule has 0 unspecified atom stereocenters. The van der Waals surface area contributed by atoms with Crippen molar-refractivity contribution in [1.82, 2.24) is 5.09 Å². The van der Waals surface area contributed by atoms with Gasteiger partial charge in [0.1, 0.15) is 17.2 Å². The normalized spacial score (nSPS) is 11.5. The maximum atomic E-state index is 13.2. The average Bonchev–Trinajstić information content (AvgIpc) is 2.61. The highest BCUT2D eigenvalue weighted by atomic mass is 31.2. The van der Waals surface area contributed by atoms with Crippen LogP contribution in [0, 0.1) is 0 Å². The summed E-state index contributed by atoms with van der Waals surface area (Å²) in [5, 5.41) is 2.56. The molecule has 0 aliphatic heterocycles. The average molecular weight is 361 g/mol. The Morgan fingerprint density at radius 2 is 1.48 bits per heavy atom. The molecule has 0 bridgehead atoms. The zero-order valence-corrected chi connectivity index (χ0v) is 14.9. The monoisotopic (exact) mass is 361 g/mol. The van der Waals surface area contributed by atoms with Gasteiger partial charge in [0, 0.05) is 0 Å². The lowest BCUT2D eigenvalue weighted by atomic mass is 10.3. The van der Waals surface area contributed by atoms with Crippen LogP contribution in [0.2, 0.25) is 0 Å². The summed E-state index contributed by atoms with van der Waals surface area (Å²) in [6.45, 7) is 3.50. The second kappa shape index (κ2) is 8.94. The molecule has 6 nitrogen and oxygen atoms in total. The van der Waals surface area contributed by atoms with Crippen molar-refractivity contribution >= 4 is 13.7 Å². The van der Waals surface area contributed by atoms with E-state index in [9.17, 15) is 9.36 Å². The third-order valence-corrected chi connectivity index (χ3v) is 4.40. The van der Waals surface area contributed by atoms with Gasteiger partial charge < -0.3 is 13.8 Å². The number of carbonyl (C=O) groups is 1. The van der Waals surface area contributed by atoms with E-state index in [1.807, 2.05) is 0 Å². The van der Waals surface area contributed by atoms with Gasteiger partial charge in [-0.1, -0.05) is 42.5 Å². The summed E-state index contributed by atoms with van der Waals surface area (Å²) >= 11 is 0. The second-order valence-electron chi connectivity index (χ2n) is 4.84. The highest BCUT2D eigenvalue weighted by Gasteiger charge is 2.32. The summed E-state index contributed by atoms with van der Waals surface area (Å²) in [7, 11) is -3.93. The van der Waals surface area contributed by atoms with Gasteiger partial charge in [0.15, 0.2) is 0 Å². The number of nitrogens with one attached hydrogen (secondary N) is 1. The first-order chi connectivity index (χ1) is 12.1. The number of hydrogen-bond acceptors (Lipinski definition) is 5. The minimum absolute atomic E-state index is 0.00274. The third-order valence-electron chi connectivity index (χ3n) is 2.98. The van der Waals surface area contributed by atoms with Gasteiger partial charge in [-0.25, -0.2) is 9.36 Å². The molecule has 25 heavy (non-hydrogen) atoms. The molecule has 0 saturated heterocycles.